The number of hydrogen-bond acceptors (Lipinski definition) is 5. The molecule has 108 valence electrons. The van der Waals surface area contributed by atoms with Gasteiger partial charge in [0.1, 0.15) is 0 Å². The number of halogens is 1. The standard InChI is InChI=1S/C12H15ClN4O3/c13-10-2-1-9(14-15-10)12(20)17-7-5-16(6-8-17)4-3-11(18)19/h1-2H,3-8H2,(H,18,19). The van der Waals surface area contributed by atoms with Crippen molar-refractivity contribution in [3.05, 3.63) is 23.0 Å². The van der Waals surface area contributed by atoms with Gasteiger partial charge in [-0.05, 0) is 12.1 Å². The average Bonchev–Trinajstić information content (AvgIpc) is 2.46. The van der Waals surface area contributed by atoms with Crippen LogP contribution in [0.3, 0.4) is 0 Å². The highest BCUT2D eigenvalue weighted by molar-refractivity contribution is 6.29. The van der Waals surface area contributed by atoms with Crippen molar-refractivity contribution in [3.63, 3.8) is 0 Å². The molecular weight excluding hydrogens is 284 g/mol. The lowest BCUT2D eigenvalue weighted by atomic mass is 10.2. The van der Waals surface area contributed by atoms with Gasteiger partial charge in [0.05, 0.1) is 6.42 Å². The maximum Gasteiger partial charge on any atom is 0.304 e. The number of carbonyl (C=O) groups is 2. The lowest BCUT2D eigenvalue weighted by Gasteiger charge is -2.34. The second-order valence-electron chi connectivity index (χ2n) is 4.52. The SMILES string of the molecule is O=C(O)CCN1CCN(C(=O)c2ccc(Cl)nn2)CC1. The summed E-state index contributed by atoms with van der Waals surface area (Å²) in [6.45, 7) is 2.96. The molecule has 1 aliphatic rings. The van der Waals surface area contributed by atoms with E-state index < -0.39 is 5.97 Å². The predicted octanol–water partition coefficient (Wildman–Crippen LogP) is 0.362. The second-order valence-corrected chi connectivity index (χ2v) is 4.91. The van der Waals surface area contributed by atoms with E-state index in [4.69, 9.17) is 16.7 Å². The van der Waals surface area contributed by atoms with Crippen molar-refractivity contribution in [3.8, 4) is 0 Å². The number of aliphatic carboxylic acids is 1. The first kappa shape index (κ1) is 14.7. The predicted molar refractivity (Wildman–Crippen MR) is 71.6 cm³/mol. The molecule has 1 saturated heterocycles. The Morgan fingerprint density at radius 2 is 1.90 bits per heavy atom. The van der Waals surface area contributed by atoms with Crippen molar-refractivity contribution in [1.82, 2.24) is 20.0 Å². The van der Waals surface area contributed by atoms with E-state index in [1.165, 1.54) is 6.07 Å². The summed E-state index contributed by atoms with van der Waals surface area (Å²) in [4.78, 5) is 26.4. The summed E-state index contributed by atoms with van der Waals surface area (Å²) in [7, 11) is 0. The Labute approximate surface area is 121 Å². The van der Waals surface area contributed by atoms with Crippen LogP contribution in [-0.4, -0.2) is 69.7 Å². The van der Waals surface area contributed by atoms with E-state index in [-0.39, 0.29) is 23.2 Å². The summed E-state index contributed by atoms with van der Waals surface area (Å²) in [6.07, 6.45) is 0.122. The molecule has 2 heterocycles. The van der Waals surface area contributed by atoms with E-state index in [2.05, 4.69) is 10.2 Å². The molecule has 0 saturated carbocycles. The van der Waals surface area contributed by atoms with Crippen LogP contribution in [0.1, 0.15) is 16.9 Å². The third-order valence-electron chi connectivity index (χ3n) is 3.15. The van der Waals surface area contributed by atoms with E-state index in [0.29, 0.717) is 32.7 Å². The number of amides is 1. The molecule has 0 unspecified atom stereocenters. The van der Waals surface area contributed by atoms with Gasteiger partial charge in [-0.15, -0.1) is 10.2 Å². The monoisotopic (exact) mass is 298 g/mol. The topological polar surface area (TPSA) is 86.6 Å². The number of carboxylic acid groups (broad SMARTS) is 1. The normalized spacial score (nSPS) is 16.1. The minimum absolute atomic E-state index is 0.122. The molecule has 1 aromatic heterocycles. The first-order valence-electron chi connectivity index (χ1n) is 6.29. The summed E-state index contributed by atoms with van der Waals surface area (Å²) >= 11 is 5.63. The Bertz CT molecular complexity index is 486. The van der Waals surface area contributed by atoms with Crippen LogP contribution >= 0.6 is 11.6 Å². The molecule has 2 rings (SSSR count). The highest BCUT2D eigenvalue weighted by Crippen LogP contribution is 2.08. The quantitative estimate of drug-likeness (QED) is 0.864. The Morgan fingerprint density at radius 3 is 2.45 bits per heavy atom. The smallest absolute Gasteiger partial charge is 0.304 e. The van der Waals surface area contributed by atoms with Gasteiger partial charge in [-0.1, -0.05) is 11.6 Å². The van der Waals surface area contributed by atoms with Crippen LogP contribution in [0.15, 0.2) is 12.1 Å². The van der Waals surface area contributed by atoms with Crippen molar-refractivity contribution in [2.45, 2.75) is 6.42 Å². The molecule has 0 aliphatic carbocycles. The van der Waals surface area contributed by atoms with Gasteiger partial charge in [0.15, 0.2) is 10.8 Å². The minimum Gasteiger partial charge on any atom is -0.481 e. The third kappa shape index (κ3) is 3.88. The molecule has 7 nitrogen and oxygen atoms in total. The van der Waals surface area contributed by atoms with Gasteiger partial charge >= 0.3 is 5.97 Å². The Kier molecular flexibility index (Phi) is 4.86. The van der Waals surface area contributed by atoms with Gasteiger partial charge in [0, 0.05) is 32.7 Å². The highest BCUT2D eigenvalue weighted by atomic mass is 35.5. The van der Waals surface area contributed by atoms with Crippen molar-refractivity contribution in [2.75, 3.05) is 32.7 Å². The fourth-order valence-corrected chi connectivity index (χ4v) is 2.12. The van der Waals surface area contributed by atoms with Crippen LogP contribution < -0.4 is 0 Å². The Balaban J connectivity index is 1.85. The van der Waals surface area contributed by atoms with Gasteiger partial charge in [0.2, 0.25) is 0 Å². The lowest BCUT2D eigenvalue weighted by molar-refractivity contribution is -0.137. The molecule has 1 fully saturated rings. The highest BCUT2D eigenvalue weighted by Gasteiger charge is 2.23. The summed E-state index contributed by atoms with van der Waals surface area (Å²) in [6, 6.07) is 3.08. The van der Waals surface area contributed by atoms with Gasteiger partial charge < -0.3 is 10.0 Å². The second kappa shape index (κ2) is 6.62. The van der Waals surface area contributed by atoms with E-state index in [1.54, 1.807) is 11.0 Å². The number of carbonyl (C=O) groups excluding carboxylic acids is 1. The number of aromatic nitrogens is 2. The molecule has 1 aliphatic heterocycles. The lowest BCUT2D eigenvalue weighted by Crippen LogP contribution is -2.49. The number of rotatable bonds is 4. The van der Waals surface area contributed by atoms with E-state index in [9.17, 15) is 9.59 Å². The number of nitrogens with zero attached hydrogens (tertiary/aromatic N) is 4. The van der Waals surface area contributed by atoms with E-state index in [0.717, 1.165) is 0 Å². The molecule has 0 bridgehead atoms. The average molecular weight is 299 g/mol. The summed E-state index contributed by atoms with van der Waals surface area (Å²) < 4.78 is 0. The molecule has 0 radical (unpaired) electrons. The zero-order valence-electron chi connectivity index (χ0n) is 10.8. The van der Waals surface area contributed by atoms with Gasteiger partial charge in [0.25, 0.3) is 5.91 Å². The molecule has 1 N–H and O–H groups in total. The molecule has 1 amide bonds. The van der Waals surface area contributed by atoms with Crippen molar-refractivity contribution in [2.24, 2.45) is 0 Å². The van der Waals surface area contributed by atoms with Crippen molar-refractivity contribution < 1.29 is 14.7 Å². The van der Waals surface area contributed by atoms with Crippen LogP contribution in [0, 0.1) is 0 Å². The zero-order valence-corrected chi connectivity index (χ0v) is 11.6. The van der Waals surface area contributed by atoms with Crippen LogP contribution in [0.5, 0.6) is 0 Å². The number of hydrogen-bond donors (Lipinski definition) is 1. The molecule has 20 heavy (non-hydrogen) atoms. The first-order valence-corrected chi connectivity index (χ1v) is 6.66. The molecule has 0 aromatic carbocycles. The molecular formula is C12H15ClN4O3. The number of piperazine rings is 1. The summed E-state index contributed by atoms with van der Waals surface area (Å²) in [5.41, 5.74) is 0.272. The van der Waals surface area contributed by atoms with Crippen molar-refractivity contribution >= 4 is 23.5 Å². The van der Waals surface area contributed by atoms with Gasteiger partial charge in [-0.2, -0.15) is 0 Å². The van der Waals surface area contributed by atoms with Crippen LogP contribution in [0.2, 0.25) is 5.15 Å². The fourth-order valence-electron chi connectivity index (χ4n) is 2.02. The van der Waals surface area contributed by atoms with Crippen molar-refractivity contribution in [1.29, 1.82) is 0 Å². The minimum atomic E-state index is -0.806. The van der Waals surface area contributed by atoms with Crippen LogP contribution in [-0.2, 0) is 4.79 Å². The molecule has 0 spiro atoms. The Hall–Kier alpha value is -1.73. The van der Waals surface area contributed by atoms with E-state index >= 15 is 0 Å². The molecule has 0 atom stereocenters. The molecule has 1 aromatic rings. The Morgan fingerprint density at radius 1 is 1.20 bits per heavy atom. The number of carboxylic acids is 1. The largest absolute Gasteiger partial charge is 0.481 e. The first-order chi connectivity index (χ1) is 9.56. The van der Waals surface area contributed by atoms with Crippen LogP contribution in [0.25, 0.3) is 0 Å². The summed E-state index contributed by atoms with van der Waals surface area (Å²) in [5, 5.41) is 16.3. The fraction of sp³-hybridized carbons (Fsp3) is 0.500. The third-order valence-corrected chi connectivity index (χ3v) is 3.35. The maximum absolute atomic E-state index is 12.2. The zero-order chi connectivity index (χ0) is 14.5. The van der Waals surface area contributed by atoms with E-state index in [1.807, 2.05) is 4.90 Å². The van der Waals surface area contributed by atoms with Gasteiger partial charge in [-0.25, -0.2) is 0 Å². The summed E-state index contributed by atoms with van der Waals surface area (Å²) in [5.74, 6) is -0.980. The maximum atomic E-state index is 12.2. The van der Waals surface area contributed by atoms with Crippen LogP contribution in [0.4, 0.5) is 0 Å². The van der Waals surface area contributed by atoms with Gasteiger partial charge in [-0.3, -0.25) is 14.5 Å². The molecule has 8 heteroatoms.